The average Bonchev–Trinajstić information content (AvgIpc) is 2.16. The number of hydrogen-bond acceptors (Lipinski definition) is 4. The molecule has 4 heteroatoms. The second-order valence-corrected chi connectivity index (χ2v) is 5.43. The van der Waals surface area contributed by atoms with Gasteiger partial charge in [-0.15, -0.1) is 0 Å². The van der Waals surface area contributed by atoms with E-state index in [9.17, 15) is 4.79 Å². The molecule has 1 fully saturated rings. The van der Waals surface area contributed by atoms with E-state index in [2.05, 4.69) is 11.9 Å². The first-order valence-electron chi connectivity index (χ1n) is 4.65. The maximum atomic E-state index is 11.1. The van der Waals surface area contributed by atoms with Crippen LogP contribution in [0.25, 0.3) is 0 Å². The van der Waals surface area contributed by atoms with Crippen LogP contribution in [0.4, 0.5) is 4.79 Å². The van der Waals surface area contributed by atoms with E-state index in [0.717, 1.165) is 5.75 Å². The van der Waals surface area contributed by atoms with Crippen LogP contribution in [0.2, 0.25) is 0 Å². The quantitative estimate of drug-likeness (QED) is 0.711. The molecule has 0 saturated carbocycles. The van der Waals surface area contributed by atoms with Crippen molar-refractivity contribution >= 4 is 28.0 Å². The van der Waals surface area contributed by atoms with Crippen LogP contribution in [0.5, 0.6) is 0 Å². The summed E-state index contributed by atoms with van der Waals surface area (Å²) < 4.78 is 0.249. The number of thioether (sulfide) groups is 2. The monoisotopic (exact) mass is 219 g/mol. The van der Waals surface area contributed by atoms with Crippen LogP contribution >= 0.6 is 23.5 Å². The third-order valence-corrected chi connectivity index (χ3v) is 4.46. The van der Waals surface area contributed by atoms with E-state index in [0.29, 0.717) is 6.04 Å². The summed E-state index contributed by atoms with van der Waals surface area (Å²) in [5.74, 6) is 0.968. The Bertz CT molecular complexity index is 175. The molecule has 2 nitrogen and oxygen atoms in total. The molecule has 0 aromatic heterocycles. The second-order valence-electron chi connectivity index (χ2n) is 3.40. The summed E-state index contributed by atoms with van der Waals surface area (Å²) in [6.45, 7) is 1.19. The Morgan fingerprint density at radius 1 is 1.54 bits per heavy atom. The van der Waals surface area contributed by atoms with Gasteiger partial charge in [0.05, 0.1) is 0 Å². The lowest BCUT2D eigenvalue weighted by atomic mass is 10.1. The fourth-order valence-corrected chi connectivity index (χ4v) is 3.00. The highest BCUT2D eigenvalue weighted by Crippen LogP contribution is 2.22. The zero-order valence-corrected chi connectivity index (χ0v) is 9.92. The number of hydrogen-bond donors (Lipinski definition) is 0. The van der Waals surface area contributed by atoms with Gasteiger partial charge in [-0.25, -0.2) is 0 Å². The molecule has 0 aromatic carbocycles. The SMILES string of the molecule is CSC(=O)SCC1CCCCN1C. The van der Waals surface area contributed by atoms with Gasteiger partial charge in [0.2, 0.25) is 4.45 Å². The second kappa shape index (κ2) is 5.94. The summed E-state index contributed by atoms with van der Waals surface area (Å²) in [5.41, 5.74) is 0. The molecular formula is C9H17NOS2. The molecule has 1 rings (SSSR count). The molecule has 0 bridgehead atoms. The summed E-state index contributed by atoms with van der Waals surface area (Å²) in [7, 11) is 2.16. The Hall–Kier alpha value is 0.330. The highest BCUT2D eigenvalue weighted by Gasteiger charge is 2.19. The van der Waals surface area contributed by atoms with Gasteiger partial charge in [-0.2, -0.15) is 0 Å². The van der Waals surface area contributed by atoms with E-state index in [1.807, 2.05) is 6.26 Å². The first-order chi connectivity index (χ1) is 6.24. The van der Waals surface area contributed by atoms with Crippen LogP contribution in [0, 0.1) is 0 Å². The number of rotatable bonds is 2. The van der Waals surface area contributed by atoms with Gasteiger partial charge in [0.15, 0.2) is 0 Å². The Morgan fingerprint density at radius 3 is 2.92 bits per heavy atom. The zero-order valence-electron chi connectivity index (χ0n) is 8.28. The number of nitrogens with zero attached hydrogens (tertiary/aromatic N) is 1. The fourth-order valence-electron chi connectivity index (χ4n) is 1.58. The summed E-state index contributed by atoms with van der Waals surface area (Å²) in [5, 5.41) is 0. The van der Waals surface area contributed by atoms with Gasteiger partial charge < -0.3 is 4.90 Å². The van der Waals surface area contributed by atoms with E-state index in [4.69, 9.17) is 0 Å². The largest absolute Gasteiger partial charge is 0.303 e. The van der Waals surface area contributed by atoms with Gasteiger partial charge in [0.1, 0.15) is 0 Å². The molecule has 1 saturated heterocycles. The molecule has 1 unspecified atom stereocenters. The summed E-state index contributed by atoms with van der Waals surface area (Å²) in [6.07, 6.45) is 5.74. The minimum atomic E-state index is 0.249. The summed E-state index contributed by atoms with van der Waals surface area (Å²) in [6, 6.07) is 0.620. The van der Waals surface area contributed by atoms with Crippen molar-refractivity contribution in [1.29, 1.82) is 0 Å². The van der Waals surface area contributed by atoms with Gasteiger partial charge in [-0.3, -0.25) is 4.79 Å². The van der Waals surface area contributed by atoms with Crippen LogP contribution in [-0.4, -0.2) is 41.0 Å². The number of carbonyl (C=O) groups is 1. The minimum Gasteiger partial charge on any atom is -0.303 e. The van der Waals surface area contributed by atoms with Gasteiger partial charge in [0, 0.05) is 11.8 Å². The first kappa shape index (κ1) is 11.4. The molecule has 0 radical (unpaired) electrons. The highest BCUT2D eigenvalue weighted by molar-refractivity contribution is 8.38. The lowest BCUT2D eigenvalue weighted by Gasteiger charge is -2.31. The van der Waals surface area contributed by atoms with Crippen molar-refractivity contribution in [2.24, 2.45) is 0 Å². The lowest BCUT2D eigenvalue weighted by Crippen LogP contribution is -2.37. The standard InChI is InChI=1S/C9H17NOS2/c1-10-6-4-3-5-8(10)7-13-9(11)12-2/h8H,3-7H2,1-2H3. The van der Waals surface area contributed by atoms with Crippen molar-refractivity contribution in [3.05, 3.63) is 0 Å². The number of piperidine rings is 1. The van der Waals surface area contributed by atoms with Gasteiger partial charge in [-0.05, 0) is 32.7 Å². The van der Waals surface area contributed by atoms with Crippen molar-refractivity contribution in [1.82, 2.24) is 4.90 Å². The fraction of sp³-hybridized carbons (Fsp3) is 0.889. The molecule has 1 aliphatic rings. The van der Waals surface area contributed by atoms with E-state index >= 15 is 0 Å². The lowest BCUT2D eigenvalue weighted by molar-refractivity contribution is 0.204. The predicted molar refractivity (Wildman–Crippen MR) is 61.6 cm³/mol. The summed E-state index contributed by atoms with van der Waals surface area (Å²) in [4.78, 5) is 13.4. The van der Waals surface area contributed by atoms with Crippen LogP contribution in [0.1, 0.15) is 19.3 Å². The van der Waals surface area contributed by atoms with E-state index in [-0.39, 0.29) is 4.45 Å². The average molecular weight is 219 g/mol. The van der Waals surface area contributed by atoms with Crippen LogP contribution in [0.3, 0.4) is 0 Å². The van der Waals surface area contributed by atoms with Gasteiger partial charge >= 0.3 is 0 Å². The molecule has 13 heavy (non-hydrogen) atoms. The van der Waals surface area contributed by atoms with Crippen LogP contribution < -0.4 is 0 Å². The summed E-state index contributed by atoms with van der Waals surface area (Å²) >= 11 is 2.79. The number of carbonyl (C=O) groups excluding carboxylic acids is 1. The molecule has 0 amide bonds. The van der Waals surface area contributed by atoms with Crippen molar-refractivity contribution in [2.45, 2.75) is 25.3 Å². The number of likely N-dealkylation sites (tertiary alicyclic amines) is 1. The Morgan fingerprint density at radius 2 is 2.31 bits per heavy atom. The highest BCUT2D eigenvalue weighted by atomic mass is 32.2. The topological polar surface area (TPSA) is 20.3 Å². The van der Waals surface area contributed by atoms with Crippen molar-refractivity contribution < 1.29 is 4.79 Å². The predicted octanol–water partition coefficient (Wildman–Crippen LogP) is 2.69. The Balaban J connectivity index is 2.22. The van der Waals surface area contributed by atoms with Crippen LogP contribution in [-0.2, 0) is 0 Å². The van der Waals surface area contributed by atoms with Crippen LogP contribution in [0.15, 0.2) is 0 Å². The maximum absolute atomic E-state index is 11.1. The molecule has 76 valence electrons. The van der Waals surface area contributed by atoms with Crippen molar-refractivity contribution in [2.75, 3.05) is 25.6 Å². The third kappa shape index (κ3) is 3.92. The maximum Gasteiger partial charge on any atom is 0.245 e. The molecule has 1 heterocycles. The van der Waals surface area contributed by atoms with E-state index in [1.54, 1.807) is 0 Å². The minimum absolute atomic E-state index is 0.249. The van der Waals surface area contributed by atoms with E-state index < -0.39 is 0 Å². The van der Waals surface area contributed by atoms with Crippen molar-refractivity contribution in [3.8, 4) is 0 Å². The molecule has 1 aliphatic heterocycles. The molecule has 0 spiro atoms. The van der Waals surface area contributed by atoms with Gasteiger partial charge in [-0.1, -0.05) is 29.9 Å². The molecule has 0 N–H and O–H groups in total. The van der Waals surface area contributed by atoms with Crippen molar-refractivity contribution in [3.63, 3.8) is 0 Å². The zero-order chi connectivity index (χ0) is 9.68. The molecule has 1 atom stereocenters. The molecule has 0 aliphatic carbocycles. The Kier molecular flexibility index (Phi) is 5.21. The third-order valence-electron chi connectivity index (χ3n) is 2.48. The Labute approximate surface area is 88.8 Å². The molecule has 0 aromatic rings. The van der Waals surface area contributed by atoms with Gasteiger partial charge in [0.25, 0.3) is 0 Å². The smallest absolute Gasteiger partial charge is 0.245 e. The van der Waals surface area contributed by atoms with E-state index in [1.165, 1.54) is 49.3 Å². The normalized spacial score (nSPS) is 24.6. The molecular weight excluding hydrogens is 202 g/mol. The first-order valence-corrected chi connectivity index (χ1v) is 6.86.